The number of nitrogens with zero attached hydrogens (tertiary/aromatic N) is 1. The highest BCUT2D eigenvalue weighted by Crippen LogP contribution is 2.16. The maximum Gasteiger partial charge on any atom is 0.305 e. The lowest BCUT2D eigenvalue weighted by molar-refractivity contribution is -0.140. The van der Waals surface area contributed by atoms with Crippen molar-refractivity contribution in [2.75, 3.05) is 39.2 Å². The van der Waals surface area contributed by atoms with Crippen LogP contribution in [0.5, 0.6) is 0 Å². The van der Waals surface area contributed by atoms with E-state index in [0.717, 1.165) is 5.69 Å². The number of ether oxygens (including phenoxy) is 2. The predicted molar refractivity (Wildman–Crippen MR) is 75.8 cm³/mol. The molecule has 1 heterocycles. The molecule has 0 aromatic carbocycles. The van der Waals surface area contributed by atoms with Gasteiger partial charge in [0.15, 0.2) is 5.13 Å². The molecule has 0 aliphatic heterocycles. The molecule has 20 heavy (non-hydrogen) atoms. The second-order valence-corrected chi connectivity index (χ2v) is 4.77. The number of hydrogen-bond acceptors (Lipinski definition) is 7. The van der Waals surface area contributed by atoms with Crippen LogP contribution in [0.3, 0.4) is 0 Å². The summed E-state index contributed by atoms with van der Waals surface area (Å²) in [5, 5.41) is 8.14. The molecular weight excluding hydrogens is 282 g/mol. The Bertz CT molecular complexity index is 436. The summed E-state index contributed by atoms with van der Waals surface area (Å²) < 4.78 is 9.39. The van der Waals surface area contributed by atoms with Crippen molar-refractivity contribution in [1.82, 2.24) is 10.3 Å². The number of amides is 1. The second-order valence-electron chi connectivity index (χ2n) is 3.92. The van der Waals surface area contributed by atoms with E-state index in [-0.39, 0.29) is 18.4 Å². The van der Waals surface area contributed by atoms with Crippen molar-refractivity contribution in [2.24, 2.45) is 0 Å². The van der Waals surface area contributed by atoms with Crippen molar-refractivity contribution >= 4 is 28.3 Å². The Morgan fingerprint density at radius 3 is 2.90 bits per heavy atom. The molecule has 0 aliphatic carbocycles. The number of esters is 1. The number of methoxy groups -OCH3 is 2. The number of aromatic nitrogens is 1. The maximum atomic E-state index is 11.4. The smallest absolute Gasteiger partial charge is 0.305 e. The summed E-state index contributed by atoms with van der Waals surface area (Å²) in [6.45, 7) is 1.13. The van der Waals surface area contributed by atoms with Crippen LogP contribution in [0.15, 0.2) is 5.38 Å². The molecule has 1 aromatic rings. The normalized spacial score (nSPS) is 10.1. The van der Waals surface area contributed by atoms with Crippen molar-refractivity contribution < 1.29 is 19.1 Å². The number of rotatable bonds is 9. The minimum absolute atomic E-state index is 0.117. The fraction of sp³-hybridized carbons (Fsp3) is 0.583. The van der Waals surface area contributed by atoms with Gasteiger partial charge in [-0.25, -0.2) is 4.98 Å². The first-order chi connectivity index (χ1) is 9.65. The minimum atomic E-state index is -0.259. The van der Waals surface area contributed by atoms with Crippen LogP contribution in [0.4, 0.5) is 5.13 Å². The van der Waals surface area contributed by atoms with Gasteiger partial charge in [0.1, 0.15) is 0 Å². The molecule has 0 saturated carbocycles. The highest BCUT2D eigenvalue weighted by molar-refractivity contribution is 7.13. The molecule has 0 unspecified atom stereocenters. The van der Waals surface area contributed by atoms with E-state index in [9.17, 15) is 9.59 Å². The lowest BCUT2D eigenvalue weighted by Crippen LogP contribution is -2.32. The summed E-state index contributed by atoms with van der Waals surface area (Å²) in [4.78, 5) is 26.7. The van der Waals surface area contributed by atoms with Gasteiger partial charge in [0.05, 0.1) is 32.4 Å². The number of hydrogen-bond donors (Lipinski definition) is 2. The van der Waals surface area contributed by atoms with E-state index >= 15 is 0 Å². The topological polar surface area (TPSA) is 89.5 Å². The molecule has 112 valence electrons. The molecular formula is C12H19N3O4S. The zero-order chi connectivity index (χ0) is 14.8. The number of thiazole rings is 1. The van der Waals surface area contributed by atoms with Crippen LogP contribution < -0.4 is 10.6 Å². The molecule has 1 aromatic heterocycles. The minimum Gasteiger partial charge on any atom is -0.469 e. The van der Waals surface area contributed by atoms with Crippen LogP contribution >= 0.6 is 11.3 Å². The Morgan fingerprint density at radius 1 is 1.40 bits per heavy atom. The fourth-order valence-electron chi connectivity index (χ4n) is 1.35. The summed E-state index contributed by atoms with van der Waals surface area (Å²) in [5.74, 6) is -0.376. The van der Waals surface area contributed by atoms with Gasteiger partial charge in [-0.2, -0.15) is 0 Å². The molecule has 1 rings (SSSR count). The van der Waals surface area contributed by atoms with Crippen LogP contribution in [-0.4, -0.2) is 50.8 Å². The molecule has 0 radical (unpaired) electrons. The molecule has 7 nitrogen and oxygen atoms in total. The molecule has 1 amide bonds. The summed E-state index contributed by atoms with van der Waals surface area (Å²) in [6.07, 6.45) is 0.835. The number of carbonyl (C=O) groups excluding carboxylic acids is 2. The molecule has 8 heteroatoms. The molecule has 0 spiro atoms. The van der Waals surface area contributed by atoms with E-state index in [2.05, 4.69) is 20.4 Å². The zero-order valence-corrected chi connectivity index (χ0v) is 12.4. The Labute approximate surface area is 121 Å². The first kappa shape index (κ1) is 16.4. The van der Waals surface area contributed by atoms with E-state index in [1.165, 1.54) is 18.4 Å². The number of carbonyl (C=O) groups is 2. The first-order valence-electron chi connectivity index (χ1n) is 6.16. The Balaban J connectivity index is 2.26. The zero-order valence-electron chi connectivity index (χ0n) is 11.6. The van der Waals surface area contributed by atoms with Gasteiger partial charge < -0.3 is 20.1 Å². The fourth-order valence-corrected chi connectivity index (χ4v) is 2.09. The third-order valence-corrected chi connectivity index (χ3v) is 3.24. The maximum absolute atomic E-state index is 11.4. The lowest BCUT2D eigenvalue weighted by atomic mass is 10.2. The summed E-state index contributed by atoms with van der Waals surface area (Å²) in [7, 11) is 2.94. The van der Waals surface area contributed by atoms with E-state index in [0.29, 0.717) is 31.1 Å². The van der Waals surface area contributed by atoms with Gasteiger partial charge in [-0.1, -0.05) is 0 Å². The van der Waals surface area contributed by atoms with E-state index in [1.807, 2.05) is 5.38 Å². The van der Waals surface area contributed by atoms with Gasteiger partial charge in [0.25, 0.3) is 0 Å². The summed E-state index contributed by atoms with van der Waals surface area (Å²) >= 11 is 1.40. The number of anilines is 1. The first-order valence-corrected chi connectivity index (χ1v) is 7.04. The Hall–Kier alpha value is -1.67. The van der Waals surface area contributed by atoms with Gasteiger partial charge in [-0.05, 0) is 0 Å². The number of nitrogens with one attached hydrogen (secondary N) is 2. The highest BCUT2D eigenvalue weighted by Gasteiger charge is 2.07. The van der Waals surface area contributed by atoms with Crippen LogP contribution in [0.2, 0.25) is 0 Å². The van der Waals surface area contributed by atoms with E-state index < -0.39 is 0 Å². The van der Waals surface area contributed by atoms with Crippen molar-refractivity contribution in [1.29, 1.82) is 0 Å². The van der Waals surface area contributed by atoms with Gasteiger partial charge in [-0.15, -0.1) is 11.3 Å². The van der Waals surface area contributed by atoms with Crippen LogP contribution in [0.25, 0.3) is 0 Å². The van der Waals surface area contributed by atoms with Crippen LogP contribution in [0.1, 0.15) is 12.1 Å². The molecule has 2 N–H and O–H groups in total. The van der Waals surface area contributed by atoms with Gasteiger partial charge >= 0.3 is 5.97 Å². The monoisotopic (exact) mass is 301 g/mol. The average molecular weight is 301 g/mol. The van der Waals surface area contributed by atoms with Crippen LogP contribution in [0, 0.1) is 0 Å². The molecule has 0 saturated heterocycles. The summed E-state index contributed by atoms with van der Waals surface area (Å²) in [6, 6.07) is 0. The highest BCUT2D eigenvalue weighted by atomic mass is 32.1. The average Bonchev–Trinajstić information content (AvgIpc) is 2.91. The third-order valence-electron chi connectivity index (χ3n) is 2.39. The molecule has 0 aliphatic rings. The lowest BCUT2D eigenvalue weighted by Gasteiger charge is -2.04. The van der Waals surface area contributed by atoms with Crippen molar-refractivity contribution in [2.45, 2.75) is 12.8 Å². The van der Waals surface area contributed by atoms with Gasteiger partial charge in [0, 0.05) is 25.5 Å². The Kier molecular flexibility index (Phi) is 7.59. The van der Waals surface area contributed by atoms with Crippen molar-refractivity contribution in [3.63, 3.8) is 0 Å². The largest absolute Gasteiger partial charge is 0.469 e. The van der Waals surface area contributed by atoms with Crippen molar-refractivity contribution in [3.05, 3.63) is 11.1 Å². The standard InChI is InChI=1S/C12H19N3O4S/c1-18-6-5-13-10(16)7-14-12-15-9(8-20-12)3-4-11(17)19-2/h8H,3-7H2,1-2H3,(H,13,16)(H,14,15). The van der Waals surface area contributed by atoms with Crippen LogP contribution in [-0.2, 0) is 25.5 Å². The van der Waals surface area contributed by atoms with Gasteiger partial charge in [-0.3, -0.25) is 9.59 Å². The predicted octanol–water partition coefficient (Wildman–Crippen LogP) is 0.423. The number of aryl methyl sites for hydroxylation is 1. The Morgan fingerprint density at radius 2 is 2.20 bits per heavy atom. The molecule has 0 atom stereocenters. The molecule has 0 fully saturated rings. The third kappa shape index (κ3) is 6.48. The second kappa shape index (κ2) is 9.27. The molecule has 0 bridgehead atoms. The SMILES string of the molecule is COCCNC(=O)CNc1nc(CCC(=O)OC)cs1. The summed E-state index contributed by atoms with van der Waals surface area (Å²) in [5.41, 5.74) is 0.808. The quantitative estimate of drug-likeness (QED) is 0.508. The van der Waals surface area contributed by atoms with Gasteiger partial charge in [0.2, 0.25) is 5.91 Å². The van der Waals surface area contributed by atoms with E-state index in [4.69, 9.17) is 4.74 Å². The van der Waals surface area contributed by atoms with Crippen molar-refractivity contribution in [3.8, 4) is 0 Å². The van der Waals surface area contributed by atoms with E-state index in [1.54, 1.807) is 7.11 Å².